The Hall–Kier alpha value is -3.61. The highest BCUT2D eigenvalue weighted by Crippen LogP contribution is 2.44. The van der Waals surface area contributed by atoms with E-state index in [0.29, 0.717) is 0 Å². The summed E-state index contributed by atoms with van der Waals surface area (Å²) in [6.45, 7) is 7.44. The number of carbonyl (C=O) groups is 3. The number of hydrogen-bond donors (Lipinski definition) is 3. The molecule has 7 nitrogen and oxygen atoms in total. The van der Waals surface area contributed by atoms with Crippen LogP contribution in [0.5, 0.6) is 0 Å². The molecule has 1 aliphatic rings. The third-order valence-corrected chi connectivity index (χ3v) is 5.88. The molecule has 7 heteroatoms. The highest BCUT2D eigenvalue weighted by atomic mass is 16.5. The quantitative estimate of drug-likeness (QED) is 0.473. The molecule has 0 aromatic heterocycles. The van der Waals surface area contributed by atoms with Gasteiger partial charge in [-0.05, 0) is 34.6 Å². The highest BCUT2D eigenvalue weighted by Gasteiger charge is 2.30. The van der Waals surface area contributed by atoms with Crippen LogP contribution in [0.15, 0.2) is 61.2 Å². The van der Waals surface area contributed by atoms with Gasteiger partial charge in [0.2, 0.25) is 5.91 Å². The van der Waals surface area contributed by atoms with E-state index in [-0.39, 0.29) is 31.3 Å². The number of ether oxygens (including phenoxy) is 1. The number of aliphatic carboxylic acids is 1. The molecular weight excluding hydrogens is 420 g/mol. The molecule has 3 N–H and O–H groups in total. The van der Waals surface area contributed by atoms with Crippen LogP contribution >= 0.6 is 0 Å². The van der Waals surface area contributed by atoms with Crippen molar-refractivity contribution in [3.8, 4) is 11.1 Å². The molecule has 0 radical (unpaired) electrons. The zero-order valence-corrected chi connectivity index (χ0v) is 18.9. The van der Waals surface area contributed by atoms with E-state index in [2.05, 4.69) is 29.3 Å². The number of benzene rings is 2. The molecule has 2 amide bonds. The van der Waals surface area contributed by atoms with E-state index < -0.39 is 30.1 Å². The predicted octanol–water partition coefficient (Wildman–Crippen LogP) is 4.09. The van der Waals surface area contributed by atoms with E-state index in [1.807, 2.05) is 50.2 Å². The van der Waals surface area contributed by atoms with Gasteiger partial charge in [-0.2, -0.15) is 0 Å². The molecule has 0 bridgehead atoms. The number of carboxylic acids is 1. The number of rotatable bonds is 10. The normalized spacial score (nSPS) is 14.0. The second kappa shape index (κ2) is 10.8. The lowest BCUT2D eigenvalue weighted by atomic mass is 9.98. The number of hydrogen-bond acceptors (Lipinski definition) is 4. The summed E-state index contributed by atoms with van der Waals surface area (Å²) in [5.41, 5.74) is 4.45. The van der Waals surface area contributed by atoms with Crippen molar-refractivity contribution in [3.63, 3.8) is 0 Å². The number of amides is 2. The van der Waals surface area contributed by atoms with E-state index in [1.165, 1.54) is 6.08 Å². The van der Waals surface area contributed by atoms with Gasteiger partial charge in [-0.15, -0.1) is 6.58 Å². The maximum Gasteiger partial charge on any atom is 0.407 e. The lowest BCUT2D eigenvalue weighted by Gasteiger charge is -2.24. The molecule has 0 aliphatic heterocycles. The van der Waals surface area contributed by atoms with E-state index in [0.717, 1.165) is 22.3 Å². The third kappa shape index (κ3) is 5.80. The van der Waals surface area contributed by atoms with Gasteiger partial charge in [-0.1, -0.05) is 68.5 Å². The van der Waals surface area contributed by atoms with Gasteiger partial charge in [0, 0.05) is 12.0 Å². The molecule has 0 fully saturated rings. The minimum atomic E-state index is -1.00. The molecule has 33 heavy (non-hydrogen) atoms. The fourth-order valence-electron chi connectivity index (χ4n) is 4.11. The van der Waals surface area contributed by atoms with Crippen molar-refractivity contribution in [1.82, 2.24) is 10.6 Å². The Morgan fingerprint density at radius 2 is 1.61 bits per heavy atom. The minimum Gasteiger partial charge on any atom is -0.481 e. The van der Waals surface area contributed by atoms with Crippen LogP contribution in [0.2, 0.25) is 0 Å². The Kier molecular flexibility index (Phi) is 7.87. The summed E-state index contributed by atoms with van der Waals surface area (Å²) in [6.07, 6.45) is 0.803. The lowest BCUT2D eigenvalue weighted by molar-refractivity contribution is -0.138. The summed E-state index contributed by atoms with van der Waals surface area (Å²) < 4.78 is 5.53. The van der Waals surface area contributed by atoms with Crippen LogP contribution in [0.3, 0.4) is 0 Å². The standard InChI is InChI=1S/C26H30N2O5/c1-4-9-22(25(31)27-23(16(2)3)14-24(29)30)28-26(32)33-15-21-19-12-7-5-10-17(19)18-11-6-8-13-20(18)21/h4-8,10-13,16,21-23H,1,9,14-15H2,2-3H3,(H,27,31)(H,28,32)(H,29,30)/t22?,23-/m1/s1. The first-order valence-corrected chi connectivity index (χ1v) is 11.1. The van der Waals surface area contributed by atoms with E-state index in [1.54, 1.807) is 0 Å². The van der Waals surface area contributed by atoms with Crippen molar-refractivity contribution in [3.05, 3.63) is 72.3 Å². The molecule has 0 saturated carbocycles. The maximum absolute atomic E-state index is 12.7. The molecule has 2 aromatic rings. The summed E-state index contributed by atoms with van der Waals surface area (Å²) in [4.78, 5) is 36.4. The largest absolute Gasteiger partial charge is 0.481 e. The smallest absolute Gasteiger partial charge is 0.407 e. The molecule has 0 spiro atoms. The van der Waals surface area contributed by atoms with Crippen molar-refractivity contribution in [2.24, 2.45) is 5.92 Å². The Labute approximate surface area is 193 Å². The van der Waals surface area contributed by atoms with Crippen LogP contribution in [0.25, 0.3) is 11.1 Å². The Bertz CT molecular complexity index is 987. The average molecular weight is 451 g/mol. The Morgan fingerprint density at radius 1 is 1.03 bits per heavy atom. The second-order valence-corrected chi connectivity index (χ2v) is 8.50. The maximum atomic E-state index is 12.7. The average Bonchev–Trinajstić information content (AvgIpc) is 3.10. The highest BCUT2D eigenvalue weighted by molar-refractivity contribution is 5.86. The van der Waals surface area contributed by atoms with Gasteiger partial charge < -0.3 is 20.5 Å². The number of nitrogens with one attached hydrogen (secondary N) is 2. The zero-order valence-electron chi connectivity index (χ0n) is 18.9. The number of carboxylic acid groups (broad SMARTS) is 1. The Morgan fingerprint density at radius 3 is 2.12 bits per heavy atom. The van der Waals surface area contributed by atoms with E-state index in [9.17, 15) is 14.4 Å². The SMILES string of the molecule is C=CCC(NC(=O)OCC1c2ccccc2-c2ccccc21)C(=O)N[C@H](CC(=O)O)C(C)C. The van der Waals surface area contributed by atoms with Crippen LogP contribution in [-0.4, -0.2) is 41.8 Å². The minimum absolute atomic E-state index is 0.0797. The summed E-state index contributed by atoms with van der Waals surface area (Å²) >= 11 is 0. The van der Waals surface area contributed by atoms with Crippen LogP contribution in [0.4, 0.5) is 4.79 Å². The first-order valence-electron chi connectivity index (χ1n) is 11.1. The first-order chi connectivity index (χ1) is 15.8. The van der Waals surface area contributed by atoms with Gasteiger partial charge >= 0.3 is 12.1 Å². The van der Waals surface area contributed by atoms with Crippen molar-refractivity contribution in [1.29, 1.82) is 0 Å². The zero-order chi connectivity index (χ0) is 24.0. The van der Waals surface area contributed by atoms with Crippen molar-refractivity contribution >= 4 is 18.0 Å². The summed E-state index contributed by atoms with van der Waals surface area (Å²) in [5.74, 6) is -1.64. The molecule has 2 atom stereocenters. The third-order valence-electron chi connectivity index (χ3n) is 5.88. The van der Waals surface area contributed by atoms with Gasteiger partial charge in [0.25, 0.3) is 0 Å². The van der Waals surface area contributed by atoms with E-state index >= 15 is 0 Å². The molecular formula is C26H30N2O5. The van der Waals surface area contributed by atoms with Gasteiger partial charge in [-0.25, -0.2) is 4.79 Å². The number of carbonyl (C=O) groups excluding carboxylic acids is 2. The van der Waals surface area contributed by atoms with Gasteiger partial charge in [0.05, 0.1) is 6.42 Å². The first kappa shape index (κ1) is 24.0. The van der Waals surface area contributed by atoms with Crippen LogP contribution in [0, 0.1) is 5.92 Å². The topological polar surface area (TPSA) is 105 Å². The molecule has 1 aliphatic carbocycles. The molecule has 0 heterocycles. The summed E-state index contributed by atoms with van der Waals surface area (Å²) in [7, 11) is 0. The van der Waals surface area contributed by atoms with Gasteiger partial charge in [0.15, 0.2) is 0 Å². The molecule has 3 rings (SSSR count). The lowest BCUT2D eigenvalue weighted by Crippen LogP contribution is -2.51. The molecule has 0 saturated heterocycles. The van der Waals surface area contributed by atoms with Crippen LogP contribution in [0.1, 0.15) is 43.7 Å². The van der Waals surface area contributed by atoms with Crippen molar-refractivity contribution in [2.75, 3.05) is 6.61 Å². The summed E-state index contributed by atoms with van der Waals surface area (Å²) in [6, 6.07) is 14.6. The number of fused-ring (bicyclic) bond motifs is 3. The van der Waals surface area contributed by atoms with Gasteiger partial charge in [0.1, 0.15) is 12.6 Å². The molecule has 1 unspecified atom stereocenters. The summed E-state index contributed by atoms with van der Waals surface area (Å²) in [5, 5.41) is 14.4. The van der Waals surface area contributed by atoms with Crippen molar-refractivity contribution in [2.45, 2.75) is 44.7 Å². The van der Waals surface area contributed by atoms with E-state index in [4.69, 9.17) is 9.84 Å². The fraction of sp³-hybridized carbons (Fsp3) is 0.346. The number of alkyl carbamates (subject to hydrolysis) is 1. The molecule has 2 aromatic carbocycles. The van der Waals surface area contributed by atoms with Crippen molar-refractivity contribution < 1.29 is 24.2 Å². The second-order valence-electron chi connectivity index (χ2n) is 8.50. The Balaban J connectivity index is 1.64. The van der Waals surface area contributed by atoms with Gasteiger partial charge in [-0.3, -0.25) is 9.59 Å². The predicted molar refractivity (Wildman–Crippen MR) is 126 cm³/mol. The van der Waals surface area contributed by atoms with Crippen LogP contribution < -0.4 is 10.6 Å². The molecule has 174 valence electrons. The fourth-order valence-corrected chi connectivity index (χ4v) is 4.11. The van der Waals surface area contributed by atoms with Crippen LogP contribution in [-0.2, 0) is 14.3 Å². The monoisotopic (exact) mass is 450 g/mol.